The molecule has 0 spiro atoms. The van der Waals surface area contributed by atoms with Crippen molar-refractivity contribution in [3.8, 4) is 0 Å². The predicted molar refractivity (Wildman–Crippen MR) is 121 cm³/mol. The maximum atomic E-state index is 12.4. The van der Waals surface area contributed by atoms with Gasteiger partial charge in [-0.25, -0.2) is 0 Å². The van der Waals surface area contributed by atoms with Gasteiger partial charge < -0.3 is 10.6 Å². The minimum absolute atomic E-state index is 0.0411. The minimum atomic E-state index is -0.128. The number of carbonyl (C=O) groups excluding carboxylic acids is 2. The molecule has 0 aromatic heterocycles. The molecule has 2 N–H and O–H groups in total. The number of hydrogen-bond donors (Lipinski definition) is 2. The van der Waals surface area contributed by atoms with Crippen LogP contribution < -0.4 is 10.6 Å². The molecular weight excluding hydrogens is 380 g/mol. The van der Waals surface area contributed by atoms with Crippen molar-refractivity contribution in [2.24, 2.45) is 0 Å². The van der Waals surface area contributed by atoms with Crippen molar-refractivity contribution in [3.05, 3.63) is 89.0 Å². The van der Waals surface area contributed by atoms with E-state index in [0.717, 1.165) is 33.0 Å². The van der Waals surface area contributed by atoms with Crippen LogP contribution in [0.25, 0.3) is 0 Å². The summed E-state index contributed by atoms with van der Waals surface area (Å²) in [6.45, 7) is 5.90. The maximum Gasteiger partial charge on any atom is 0.255 e. The third-order valence-electron chi connectivity index (χ3n) is 4.54. The van der Waals surface area contributed by atoms with Gasteiger partial charge in [0.05, 0.1) is 5.75 Å². The Labute approximate surface area is 175 Å². The molecule has 0 aliphatic rings. The monoisotopic (exact) mass is 404 g/mol. The van der Waals surface area contributed by atoms with Gasteiger partial charge in [-0.15, -0.1) is 11.8 Å². The lowest BCUT2D eigenvalue weighted by atomic mass is 10.1. The summed E-state index contributed by atoms with van der Waals surface area (Å²) in [5.74, 6) is 0.152. The fourth-order valence-electron chi connectivity index (χ4n) is 2.87. The van der Waals surface area contributed by atoms with Crippen molar-refractivity contribution in [2.75, 3.05) is 16.4 Å². The van der Waals surface area contributed by atoms with Crippen LogP contribution in [0.15, 0.2) is 71.6 Å². The van der Waals surface area contributed by atoms with E-state index < -0.39 is 0 Å². The van der Waals surface area contributed by atoms with Gasteiger partial charge >= 0.3 is 0 Å². The largest absolute Gasteiger partial charge is 0.325 e. The Morgan fingerprint density at radius 1 is 0.828 bits per heavy atom. The number of rotatable bonds is 6. The number of amides is 2. The van der Waals surface area contributed by atoms with E-state index in [9.17, 15) is 9.59 Å². The fraction of sp³-hybridized carbons (Fsp3) is 0.167. The summed E-state index contributed by atoms with van der Waals surface area (Å²) in [7, 11) is 0. The van der Waals surface area contributed by atoms with E-state index in [1.54, 1.807) is 0 Å². The zero-order chi connectivity index (χ0) is 20.8. The molecule has 3 aromatic rings. The third-order valence-corrected chi connectivity index (χ3v) is 5.55. The first-order chi connectivity index (χ1) is 13.9. The normalized spacial score (nSPS) is 10.4. The molecular formula is C24H24N2O2S. The van der Waals surface area contributed by atoms with Gasteiger partial charge in [-0.2, -0.15) is 0 Å². The molecule has 2 amide bonds. The fourth-order valence-corrected chi connectivity index (χ4v) is 3.56. The lowest BCUT2D eigenvalue weighted by molar-refractivity contribution is -0.113. The number of nitrogens with one attached hydrogen (secondary N) is 2. The van der Waals surface area contributed by atoms with E-state index in [1.165, 1.54) is 11.8 Å². The van der Waals surface area contributed by atoms with Gasteiger partial charge in [-0.3, -0.25) is 9.59 Å². The molecule has 29 heavy (non-hydrogen) atoms. The van der Waals surface area contributed by atoms with Crippen LogP contribution >= 0.6 is 11.8 Å². The molecule has 0 heterocycles. The van der Waals surface area contributed by atoms with Crippen LogP contribution in [0.2, 0.25) is 0 Å². The van der Waals surface area contributed by atoms with Gasteiger partial charge in [-0.1, -0.05) is 30.3 Å². The zero-order valence-electron chi connectivity index (χ0n) is 16.8. The molecule has 3 rings (SSSR count). The van der Waals surface area contributed by atoms with Gasteiger partial charge in [0.15, 0.2) is 0 Å². The summed E-state index contributed by atoms with van der Waals surface area (Å²) in [6, 6.07) is 21.0. The first-order valence-electron chi connectivity index (χ1n) is 9.39. The third kappa shape index (κ3) is 5.72. The number of carbonyl (C=O) groups is 2. The Bertz CT molecular complexity index is 1030. The summed E-state index contributed by atoms with van der Waals surface area (Å²) in [5.41, 5.74) is 5.33. The SMILES string of the molecule is Cc1ccc(C)c(NC(=O)CSc2ccc(NC(=O)c3ccccc3C)cc2)c1. The van der Waals surface area contributed by atoms with Gasteiger partial charge in [0.1, 0.15) is 0 Å². The smallest absolute Gasteiger partial charge is 0.255 e. The molecule has 0 saturated carbocycles. The van der Waals surface area contributed by atoms with E-state index in [2.05, 4.69) is 10.6 Å². The zero-order valence-corrected chi connectivity index (χ0v) is 17.6. The minimum Gasteiger partial charge on any atom is -0.325 e. The van der Waals surface area contributed by atoms with Crippen molar-refractivity contribution >= 4 is 35.0 Å². The van der Waals surface area contributed by atoms with Crippen molar-refractivity contribution in [2.45, 2.75) is 25.7 Å². The van der Waals surface area contributed by atoms with E-state index in [-0.39, 0.29) is 11.8 Å². The standard InChI is InChI=1S/C24H24N2O2S/c1-16-8-9-18(3)22(14-16)26-23(27)15-29-20-12-10-19(11-13-20)25-24(28)21-7-5-4-6-17(21)2/h4-14H,15H2,1-3H3,(H,25,28)(H,26,27). The van der Waals surface area contributed by atoms with Crippen LogP contribution in [-0.2, 0) is 4.79 Å². The van der Waals surface area contributed by atoms with Crippen LogP contribution in [0.1, 0.15) is 27.0 Å². The van der Waals surface area contributed by atoms with Crippen LogP contribution in [-0.4, -0.2) is 17.6 Å². The van der Waals surface area contributed by atoms with Gasteiger partial charge in [0.2, 0.25) is 5.91 Å². The Kier molecular flexibility index (Phi) is 6.73. The van der Waals surface area contributed by atoms with Crippen molar-refractivity contribution < 1.29 is 9.59 Å². The van der Waals surface area contributed by atoms with Crippen molar-refractivity contribution in [1.82, 2.24) is 0 Å². The number of benzene rings is 3. The summed E-state index contributed by atoms with van der Waals surface area (Å²) >= 11 is 1.46. The number of anilines is 2. The summed E-state index contributed by atoms with van der Waals surface area (Å²) in [4.78, 5) is 25.6. The molecule has 148 valence electrons. The summed E-state index contributed by atoms with van der Waals surface area (Å²) in [5, 5.41) is 5.87. The highest BCUT2D eigenvalue weighted by Crippen LogP contribution is 2.22. The van der Waals surface area contributed by atoms with Crippen LogP contribution in [0.5, 0.6) is 0 Å². The Hall–Kier alpha value is -3.05. The molecule has 0 bridgehead atoms. The molecule has 0 unspecified atom stereocenters. The topological polar surface area (TPSA) is 58.2 Å². The van der Waals surface area contributed by atoms with Crippen LogP contribution in [0, 0.1) is 20.8 Å². The molecule has 0 aliphatic carbocycles. The highest BCUT2D eigenvalue weighted by molar-refractivity contribution is 8.00. The average Bonchev–Trinajstić information content (AvgIpc) is 2.70. The van der Waals surface area contributed by atoms with E-state index in [4.69, 9.17) is 0 Å². The molecule has 5 heteroatoms. The van der Waals surface area contributed by atoms with Crippen molar-refractivity contribution in [3.63, 3.8) is 0 Å². The Morgan fingerprint density at radius 3 is 2.28 bits per heavy atom. The van der Waals surface area contributed by atoms with Crippen LogP contribution in [0.3, 0.4) is 0 Å². The lowest BCUT2D eigenvalue weighted by Crippen LogP contribution is -2.15. The lowest BCUT2D eigenvalue weighted by Gasteiger charge is -2.10. The maximum absolute atomic E-state index is 12.4. The Morgan fingerprint density at radius 2 is 1.55 bits per heavy atom. The molecule has 0 aliphatic heterocycles. The van der Waals surface area contributed by atoms with E-state index >= 15 is 0 Å². The van der Waals surface area contributed by atoms with Crippen LogP contribution in [0.4, 0.5) is 11.4 Å². The first kappa shape index (κ1) is 20.7. The predicted octanol–water partition coefficient (Wildman–Crippen LogP) is 5.59. The highest BCUT2D eigenvalue weighted by Gasteiger charge is 2.09. The van der Waals surface area contributed by atoms with E-state index in [0.29, 0.717) is 11.3 Å². The van der Waals surface area contributed by atoms with E-state index in [1.807, 2.05) is 87.5 Å². The molecule has 0 fully saturated rings. The van der Waals surface area contributed by atoms with Gasteiger partial charge in [-0.05, 0) is 73.9 Å². The average molecular weight is 405 g/mol. The Balaban J connectivity index is 1.54. The highest BCUT2D eigenvalue weighted by atomic mass is 32.2. The second-order valence-electron chi connectivity index (χ2n) is 6.95. The number of hydrogen-bond acceptors (Lipinski definition) is 3. The first-order valence-corrected chi connectivity index (χ1v) is 10.4. The molecule has 0 saturated heterocycles. The second kappa shape index (κ2) is 9.43. The molecule has 4 nitrogen and oxygen atoms in total. The van der Waals surface area contributed by atoms with Gasteiger partial charge in [0, 0.05) is 21.8 Å². The van der Waals surface area contributed by atoms with Gasteiger partial charge in [0.25, 0.3) is 5.91 Å². The summed E-state index contributed by atoms with van der Waals surface area (Å²) in [6.07, 6.45) is 0. The van der Waals surface area contributed by atoms with Crippen molar-refractivity contribution in [1.29, 1.82) is 0 Å². The molecule has 0 radical (unpaired) electrons. The molecule has 3 aromatic carbocycles. The number of thioether (sulfide) groups is 1. The number of aryl methyl sites for hydroxylation is 3. The molecule has 0 atom stereocenters. The quantitative estimate of drug-likeness (QED) is 0.526. The second-order valence-corrected chi connectivity index (χ2v) is 8.00. The summed E-state index contributed by atoms with van der Waals surface area (Å²) < 4.78 is 0.